The molecule has 0 radical (unpaired) electrons. The maximum atomic E-state index is 6.18. The Labute approximate surface area is 92.9 Å². The Morgan fingerprint density at radius 3 is 2.47 bits per heavy atom. The van der Waals surface area contributed by atoms with E-state index in [1.54, 1.807) is 0 Å². The summed E-state index contributed by atoms with van der Waals surface area (Å²) in [4.78, 5) is 0. The van der Waals surface area contributed by atoms with E-state index in [1.807, 2.05) is 0 Å². The third kappa shape index (κ3) is 2.51. The van der Waals surface area contributed by atoms with E-state index in [4.69, 9.17) is 4.43 Å². The molecule has 1 aromatic carbocycles. The lowest BCUT2D eigenvalue weighted by Crippen LogP contribution is -2.44. The molecule has 0 bridgehead atoms. The van der Waals surface area contributed by atoms with E-state index in [-0.39, 0.29) is 0 Å². The Hall–Kier alpha value is -1.02. The van der Waals surface area contributed by atoms with Gasteiger partial charge in [0.15, 0.2) is 0 Å². The molecule has 1 nitrogen and oxygen atoms in total. The molecule has 0 N–H and O–H groups in total. The van der Waals surface area contributed by atoms with Gasteiger partial charge in [-0.2, -0.15) is 0 Å². The van der Waals surface area contributed by atoms with Crippen LogP contribution in [0.5, 0.6) is 0 Å². The Morgan fingerprint density at radius 2 is 1.87 bits per heavy atom. The van der Waals surface area contributed by atoms with Crippen molar-refractivity contribution in [2.24, 2.45) is 0 Å². The van der Waals surface area contributed by atoms with Crippen LogP contribution in [0.25, 0.3) is 0 Å². The van der Waals surface area contributed by atoms with Gasteiger partial charge in [0.1, 0.15) is 0 Å². The minimum atomic E-state index is -1.71. The van der Waals surface area contributed by atoms with Crippen LogP contribution in [0.3, 0.4) is 0 Å². The van der Waals surface area contributed by atoms with Crippen molar-refractivity contribution in [2.45, 2.75) is 32.4 Å². The topological polar surface area (TPSA) is 9.23 Å². The van der Waals surface area contributed by atoms with Gasteiger partial charge >= 0.3 is 0 Å². The minimum Gasteiger partial charge on any atom is -0.543 e. The van der Waals surface area contributed by atoms with Gasteiger partial charge in [0.05, 0.1) is 5.76 Å². The Bertz CT molecular complexity index is 354. The quantitative estimate of drug-likeness (QED) is 0.708. The van der Waals surface area contributed by atoms with Gasteiger partial charge in [-0.05, 0) is 37.2 Å². The fourth-order valence-electron chi connectivity index (χ4n) is 1.96. The highest BCUT2D eigenvalue weighted by atomic mass is 28.4. The molecule has 0 fully saturated rings. The van der Waals surface area contributed by atoms with E-state index in [0.717, 1.165) is 6.42 Å². The maximum absolute atomic E-state index is 6.18. The van der Waals surface area contributed by atoms with Crippen molar-refractivity contribution in [1.29, 1.82) is 0 Å². The second-order valence-electron chi connectivity index (χ2n) is 4.54. The maximum Gasteiger partial charge on any atom is 0.276 e. The van der Waals surface area contributed by atoms with Crippen LogP contribution in [-0.2, 0) is 4.43 Å². The second kappa shape index (κ2) is 4.23. The number of hydrogen-bond acceptors (Lipinski definition) is 1. The summed E-state index contributed by atoms with van der Waals surface area (Å²) in [7, 11) is -1.71. The Balaban J connectivity index is 2.12. The molecular formula is C13H18OSi. The van der Waals surface area contributed by atoms with Crippen molar-refractivity contribution in [3.63, 3.8) is 0 Å². The molecule has 0 saturated heterocycles. The molecule has 0 atom stereocenters. The van der Waals surface area contributed by atoms with E-state index in [9.17, 15) is 0 Å². The van der Waals surface area contributed by atoms with Crippen molar-refractivity contribution < 1.29 is 4.43 Å². The van der Waals surface area contributed by atoms with Gasteiger partial charge in [-0.25, -0.2) is 0 Å². The normalized spacial score (nSPS) is 16.3. The van der Waals surface area contributed by atoms with Crippen molar-refractivity contribution in [1.82, 2.24) is 0 Å². The third-order valence-corrected chi connectivity index (χ3v) is 5.35. The van der Waals surface area contributed by atoms with E-state index in [1.165, 1.54) is 23.8 Å². The molecule has 80 valence electrons. The van der Waals surface area contributed by atoms with Gasteiger partial charge in [0.25, 0.3) is 8.32 Å². The predicted molar refractivity (Wildman–Crippen MR) is 66.6 cm³/mol. The summed E-state index contributed by atoms with van der Waals surface area (Å²) >= 11 is 0. The summed E-state index contributed by atoms with van der Waals surface area (Å²) in [5.74, 6) is 1.22. The van der Waals surface area contributed by atoms with Crippen molar-refractivity contribution in [2.75, 3.05) is 0 Å². The van der Waals surface area contributed by atoms with Crippen LogP contribution in [0.1, 0.15) is 19.3 Å². The fraction of sp³-hybridized carbons (Fsp3) is 0.385. The summed E-state index contributed by atoms with van der Waals surface area (Å²) in [6, 6.07) is 10.6. The molecule has 0 aromatic heterocycles. The molecule has 1 aliphatic carbocycles. The molecule has 0 amide bonds. The zero-order chi connectivity index (χ0) is 10.7. The summed E-state index contributed by atoms with van der Waals surface area (Å²) < 4.78 is 6.18. The first kappa shape index (κ1) is 10.5. The molecule has 0 heterocycles. The first-order chi connectivity index (χ1) is 7.18. The second-order valence-corrected chi connectivity index (χ2v) is 8.34. The number of allylic oxidation sites excluding steroid dienone is 2. The van der Waals surface area contributed by atoms with Gasteiger partial charge < -0.3 is 4.43 Å². The third-order valence-electron chi connectivity index (χ3n) is 2.85. The average molecular weight is 218 g/mol. The van der Waals surface area contributed by atoms with Gasteiger partial charge in [0, 0.05) is 6.42 Å². The smallest absolute Gasteiger partial charge is 0.276 e. The molecule has 0 aliphatic heterocycles. The van der Waals surface area contributed by atoms with Gasteiger partial charge in [0.2, 0.25) is 0 Å². The van der Waals surface area contributed by atoms with Gasteiger partial charge in [-0.15, -0.1) is 0 Å². The molecule has 1 aromatic rings. The Morgan fingerprint density at radius 1 is 1.13 bits per heavy atom. The summed E-state index contributed by atoms with van der Waals surface area (Å²) in [5, 5.41) is 1.37. The first-order valence-electron chi connectivity index (χ1n) is 5.62. The molecule has 0 unspecified atom stereocenters. The zero-order valence-electron chi connectivity index (χ0n) is 9.49. The lowest BCUT2D eigenvalue weighted by molar-refractivity contribution is 0.413. The van der Waals surface area contributed by atoms with E-state index >= 15 is 0 Å². The largest absolute Gasteiger partial charge is 0.543 e. The summed E-state index contributed by atoms with van der Waals surface area (Å²) in [6.45, 7) is 4.53. The number of hydrogen-bond donors (Lipinski definition) is 0. The van der Waals surface area contributed by atoms with Crippen LogP contribution in [-0.4, -0.2) is 8.32 Å². The van der Waals surface area contributed by atoms with Crippen LogP contribution in [0.4, 0.5) is 0 Å². The number of benzene rings is 1. The highest BCUT2D eigenvalue weighted by Crippen LogP contribution is 2.22. The van der Waals surface area contributed by atoms with Crippen LogP contribution >= 0.6 is 0 Å². The van der Waals surface area contributed by atoms with Crippen LogP contribution < -0.4 is 5.19 Å². The first-order valence-corrected chi connectivity index (χ1v) is 8.53. The van der Waals surface area contributed by atoms with Gasteiger partial charge in [-0.3, -0.25) is 0 Å². The van der Waals surface area contributed by atoms with Crippen molar-refractivity contribution in [3.05, 3.63) is 42.2 Å². The summed E-state index contributed by atoms with van der Waals surface area (Å²) in [6.07, 6.45) is 5.82. The highest BCUT2D eigenvalue weighted by molar-refractivity contribution is 6.84. The Kier molecular flexibility index (Phi) is 2.96. The fourth-order valence-corrected chi connectivity index (χ4v) is 3.91. The van der Waals surface area contributed by atoms with Crippen molar-refractivity contribution >= 4 is 13.5 Å². The highest BCUT2D eigenvalue weighted by Gasteiger charge is 2.28. The SMILES string of the molecule is C[Si](C)(OC1=CCCC1)c1ccccc1. The molecule has 15 heavy (non-hydrogen) atoms. The summed E-state index contributed by atoms with van der Waals surface area (Å²) in [5.41, 5.74) is 0. The molecule has 2 heteroatoms. The van der Waals surface area contributed by atoms with E-state index < -0.39 is 8.32 Å². The number of rotatable bonds is 3. The molecule has 0 spiro atoms. The molecule has 1 aliphatic rings. The standard InChI is InChI=1S/C13H18OSi/c1-15(2,13-10-4-3-5-11-13)14-12-8-6-7-9-12/h3-5,8,10-11H,6-7,9H2,1-2H3. The van der Waals surface area contributed by atoms with Gasteiger partial charge in [-0.1, -0.05) is 30.3 Å². The lowest BCUT2D eigenvalue weighted by Gasteiger charge is -2.25. The van der Waals surface area contributed by atoms with Crippen LogP contribution in [0.2, 0.25) is 13.1 Å². The molecule has 0 saturated carbocycles. The molecular weight excluding hydrogens is 200 g/mol. The van der Waals surface area contributed by atoms with Crippen molar-refractivity contribution in [3.8, 4) is 0 Å². The van der Waals surface area contributed by atoms with E-state index in [0.29, 0.717) is 0 Å². The minimum absolute atomic E-state index is 1.13. The van der Waals surface area contributed by atoms with E-state index in [2.05, 4.69) is 49.5 Å². The predicted octanol–water partition coefficient (Wildman–Crippen LogP) is 3.18. The zero-order valence-corrected chi connectivity index (χ0v) is 10.5. The molecule has 2 rings (SSSR count). The monoisotopic (exact) mass is 218 g/mol. The lowest BCUT2D eigenvalue weighted by atomic mass is 10.4. The average Bonchev–Trinajstić information content (AvgIpc) is 2.71. The van der Waals surface area contributed by atoms with Crippen LogP contribution in [0, 0.1) is 0 Å². The van der Waals surface area contributed by atoms with Crippen LogP contribution in [0.15, 0.2) is 42.2 Å².